The van der Waals surface area contributed by atoms with Gasteiger partial charge < -0.3 is 4.52 Å². The van der Waals surface area contributed by atoms with Crippen LogP contribution in [-0.2, 0) is 6.42 Å². The van der Waals surface area contributed by atoms with Crippen LogP contribution in [0.1, 0.15) is 28.7 Å². The highest BCUT2D eigenvalue weighted by atomic mass is 32.1. The summed E-state index contributed by atoms with van der Waals surface area (Å²) < 4.78 is 5.13. The van der Waals surface area contributed by atoms with Gasteiger partial charge in [0, 0.05) is 10.9 Å². The van der Waals surface area contributed by atoms with Gasteiger partial charge in [-0.15, -0.1) is 11.3 Å². The molecular formula is C20H17N3O2S. The van der Waals surface area contributed by atoms with Gasteiger partial charge in [-0.2, -0.15) is 0 Å². The minimum atomic E-state index is -0.236. The number of hydrogen-bond acceptors (Lipinski definition) is 5. The third-order valence-corrected chi connectivity index (χ3v) is 5.02. The fourth-order valence-corrected chi connectivity index (χ4v) is 3.64. The molecule has 0 unspecified atom stereocenters. The van der Waals surface area contributed by atoms with Crippen molar-refractivity contribution in [2.75, 3.05) is 5.32 Å². The number of nitrogens with one attached hydrogen (secondary N) is 1. The van der Waals surface area contributed by atoms with Crippen molar-refractivity contribution in [2.24, 2.45) is 0 Å². The van der Waals surface area contributed by atoms with E-state index >= 15 is 0 Å². The lowest BCUT2D eigenvalue weighted by Gasteiger charge is -2.02. The van der Waals surface area contributed by atoms with Crippen LogP contribution in [0, 0.1) is 6.92 Å². The first kappa shape index (κ1) is 16.5. The van der Waals surface area contributed by atoms with E-state index in [2.05, 4.69) is 39.7 Å². The van der Waals surface area contributed by atoms with Crippen molar-refractivity contribution >= 4 is 33.1 Å². The Morgan fingerprint density at radius 2 is 2.00 bits per heavy atom. The van der Waals surface area contributed by atoms with Crippen molar-refractivity contribution < 1.29 is 9.32 Å². The lowest BCUT2D eigenvalue weighted by molar-refractivity contribution is 0.102. The lowest BCUT2D eigenvalue weighted by Crippen LogP contribution is -2.14. The fraction of sp³-hybridized carbons (Fsp3) is 0.150. The number of aromatic nitrogens is 2. The molecule has 0 aliphatic heterocycles. The molecule has 2 aromatic heterocycles. The van der Waals surface area contributed by atoms with Crippen LogP contribution in [0.2, 0.25) is 0 Å². The highest BCUT2D eigenvalue weighted by Crippen LogP contribution is 2.28. The van der Waals surface area contributed by atoms with Gasteiger partial charge in [0.25, 0.3) is 5.91 Å². The molecule has 0 aliphatic rings. The van der Waals surface area contributed by atoms with Crippen molar-refractivity contribution in [3.05, 3.63) is 64.9 Å². The number of hydrogen-bond donors (Lipinski definition) is 1. The summed E-state index contributed by atoms with van der Waals surface area (Å²) in [6, 6.07) is 14.4. The van der Waals surface area contributed by atoms with E-state index in [-0.39, 0.29) is 5.91 Å². The number of anilines is 1. The molecule has 4 rings (SSSR count). The van der Waals surface area contributed by atoms with Crippen molar-refractivity contribution in [1.82, 2.24) is 10.1 Å². The van der Waals surface area contributed by atoms with Gasteiger partial charge in [-0.1, -0.05) is 48.5 Å². The predicted octanol–water partition coefficient (Wildman–Crippen LogP) is 5.07. The highest BCUT2D eigenvalue weighted by Gasteiger charge is 2.20. The Hall–Kier alpha value is -2.99. The number of benzene rings is 2. The number of aryl methyl sites for hydroxylation is 2. The minimum absolute atomic E-state index is 0.236. The molecule has 130 valence electrons. The zero-order valence-corrected chi connectivity index (χ0v) is 15.3. The summed E-state index contributed by atoms with van der Waals surface area (Å²) >= 11 is 1.40. The number of thiazole rings is 1. The van der Waals surface area contributed by atoms with Gasteiger partial charge in [0.15, 0.2) is 5.13 Å². The van der Waals surface area contributed by atoms with E-state index in [9.17, 15) is 4.79 Å². The number of amides is 1. The molecule has 1 N–H and O–H groups in total. The Bertz CT molecular complexity index is 1100. The second-order valence-corrected chi connectivity index (χ2v) is 6.83. The van der Waals surface area contributed by atoms with E-state index < -0.39 is 0 Å². The van der Waals surface area contributed by atoms with E-state index in [4.69, 9.17) is 4.52 Å². The molecular weight excluding hydrogens is 346 g/mol. The Morgan fingerprint density at radius 1 is 1.19 bits per heavy atom. The number of nitrogens with zero attached hydrogens (tertiary/aromatic N) is 2. The quantitative estimate of drug-likeness (QED) is 0.549. The van der Waals surface area contributed by atoms with Crippen molar-refractivity contribution in [3.63, 3.8) is 0 Å². The summed E-state index contributed by atoms with van der Waals surface area (Å²) in [5, 5.41) is 11.6. The monoisotopic (exact) mass is 363 g/mol. The molecule has 2 heterocycles. The van der Waals surface area contributed by atoms with E-state index in [1.165, 1.54) is 16.7 Å². The van der Waals surface area contributed by atoms with Gasteiger partial charge in [0.2, 0.25) is 0 Å². The predicted molar refractivity (Wildman–Crippen MR) is 104 cm³/mol. The average Bonchev–Trinajstić information content (AvgIpc) is 3.27. The molecule has 0 aliphatic carbocycles. The topological polar surface area (TPSA) is 68.0 Å². The van der Waals surface area contributed by atoms with E-state index in [0.717, 1.165) is 16.6 Å². The SMILES string of the molecule is CCc1noc(C)c1C(=O)Nc1nc(-c2ccc3ccccc3c2)cs1. The van der Waals surface area contributed by atoms with Crippen molar-refractivity contribution in [3.8, 4) is 11.3 Å². The molecule has 26 heavy (non-hydrogen) atoms. The molecule has 5 nitrogen and oxygen atoms in total. The summed E-state index contributed by atoms with van der Waals surface area (Å²) in [5.41, 5.74) is 3.02. The first-order chi connectivity index (χ1) is 12.7. The van der Waals surface area contributed by atoms with Crippen LogP contribution in [0.15, 0.2) is 52.4 Å². The number of fused-ring (bicyclic) bond motifs is 1. The van der Waals surface area contributed by atoms with Gasteiger partial charge in [-0.3, -0.25) is 10.1 Å². The first-order valence-corrected chi connectivity index (χ1v) is 9.25. The molecule has 0 fully saturated rings. The van der Waals surface area contributed by atoms with Crippen LogP contribution in [0.5, 0.6) is 0 Å². The molecule has 0 bridgehead atoms. The zero-order valence-electron chi connectivity index (χ0n) is 14.4. The molecule has 2 aromatic carbocycles. The molecule has 0 saturated heterocycles. The molecule has 4 aromatic rings. The normalized spacial score (nSPS) is 11.0. The van der Waals surface area contributed by atoms with Gasteiger partial charge in [-0.05, 0) is 30.2 Å². The molecule has 1 amide bonds. The fourth-order valence-electron chi connectivity index (χ4n) is 2.92. The Balaban J connectivity index is 1.59. The Morgan fingerprint density at radius 3 is 2.81 bits per heavy atom. The van der Waals surface area contributed by atoms with E-state index in [1.807, 2.05) is 30.5 Å². The standard InChI is InChI=1S/C20H17N3O2S/c1-3-16-18(12(2)25-23-16)19(24)22-20-21-17(11-26-20)15-9-8-13-6-4-5-7-14(13)10-15/h4-11H,3H2,1-2H3,(H,21,22,24). The number of carbonyl (C=O) groups excluding carboxylic acids is 1. The lowest BCUT2D eigenvalue weighted by atomic mass is 10.1. The van der Waals surface area contributed by atoms with Crippen LogP contribution in [-0.4, -0.2) is 16.0 Å². The summed E-state index contributed by atoms with van der Waals surface area (Å²) in [6.07, 6.45) is 0.639. The second kappa shape index (κ2) is 6.72. The maximum Gasteiger partial charge on any atom is 0.262 e. The molecule has 0 atom stereocenters. The van der Waals surface area contributed by atoms with Gasteiger partial charge in [0.05, 0.1) is 11.4 Å². The first-order valence-electron chi connectivity index (χ1n) is 8.37. The van der Waals surface area contributed by atoms with E-state index in [0.29, 0.717) is 28.6 Å². The molecule has 0 saturated carbocycles. The second-order valence-electron chi connectivity index (χ2n) is 5.97. The summed E-state index contributed by atoms with van der Waals surface area (Å²) in [4.78, 5) is 17.1. The zero-order chi connectivity index (χ0) is 18.1. The van der Waals surface area contributed by atoms with Crippen LogP contribution in [0.25, 0.3) is 22.0 Å². The van der Waals surface area contributed by atoms with Crippen LogP contribution >= 0.6 is 11.3 Å². The summed E-state index contributed by atoms with van der Waals surface area (Å²) in [6.45, 7) is 3.68. The van der Waals surface area contributed by atoms with Crippen LogP contribution in [0.3, 0.4) is 0 Å². The summed E-state index contributed by atoms with van der Waals surface area (Å²) in [7, 11) is 0. The van der Waals surface area contributed by atoms with Crippen molar-refractivity contribution in [1.29, 1.82) is 0 Å². The van der Waals surface area contributed by atoms with E-state index in [1.54, 1.807) is 6.92 Å². The van der Waals surface area contributed by atoms with Crippen LogP contribution < -0.4 is 5.32 Å². The molecule has 0 spiro atoms. The van der Waals surface area contributed by atoms with Crippen LogP contribution in [0.4, 0.5) is 5.13 Å². The molecule has 6 heteroatoms. The largest absolute Gasteiger partial charge is 0.361 e. The van der Waals surface area contributed by atoms with Gasteiger partial charge in [0.1, 0.15) is 11.3 Å². The Labute approximate surface area is 154 Å². The minimum Gasteiger partial charge on any atom is -0.361 e. The molecule has 0 radical (unpaired) electrons. The Kier molecular flexibility index (Phi) is 4.26. The maximum atomic E-state index is 12.6. The number of rotatable bonds is 4. The summed E-state index contributed by atoms with van der Waals surface area (Å²) in [5.74, 6) is 0.283. The average molecular weight is 363 g/mol. The number of carbonyl (C=O) groups is 1. The third kappa shape index (κ3) is 2.99. The van der Waals surface area contributed by atoms with Crippen molar-refractivity contribution in [2.45, 2.75) is 20.3 Å². The highest BCUT2D eigenvalue weighted by molar-refractivity contribution is 7.14. The third-order valence-electron chi connectivity index (χ3n) is 4.27. The maximum absolute atomic E-state index is 12.6. The van der Waals surface area contributed by atoms with Gasteiger partial charge in [-0.25, -0.2) is 4.98 Å². The smallest absolute Gasteiger partial charge is 0.262 e. The van der Waals surface area contributed by atoms with Gasteiger partial charge >= 0.3 is 0 Å².